The quantitative estimate of drug-likeness (QED) is 0.720. The van der Waals surface area contributed by atoms with E-state index >= 15 is 0 Å². The molecule has 1 amide bonds. The Morgan fingerprint density at radius 3 is 2.58 bits per heavy atom. The van der Waals surface area contributed by atoms with Crippen molar-refractivity contribution in [3.05, 3.63) is 65.2 Å². The largest absolute Gasteiger partial charge is 0.493 e. The molecule has 0 aliphatic carbocycles. The summed E-state index contributed by atoms with van der Waals surface area (Å²) in [5.74, 6) is 0.0794. The van der Waals surface area contributed by atoms with Gasteiger partial charge in [-0.3, -0.25) is 0 Å². The van der Waals surface area contributed by atoms with Gasteiger partial charge in [0.15, 0.2) is 0 Å². The molecule has 2 aromatic rings. The fourth-order valence-corrected chi connectivity index (χ4v) is 2.65. The third-order valence-electron chi connectivity index (χ3n) is 4.03. The lowest BCUT2D eigenvalue weighted by Gasteiger charge is -2.20. The first-order valence-electron chi connectivity index (χ1n) is 8.16. The Balaban J connectivity index is 2.12. The van der Waals surface area contributed by atoms with E-state index in [9.17, 15) is 18.0 Å². The Bertz CT molecular complexity index is 747. The summed E-state index contributed by atoms with van der Waals surface area (Å²) < 4.78 is 44.0. The molecule has 0 fully saturated rings. The predicted molar refractivity (Wildman–Crippen MR) is 91.3 cm³/mol. The second kappa shape index (κ2) is 8.60. The molecule has 1 atom stereocenters. The van der Waals surface area contributed by atoms with Crippen LogP contribution in [0.5, 0.6) is 5.75 Å². The zero-order valence-corrected chi connectivity index (χ0v) is 14.2. The molecular weight excluding hydrogens is 347 g/mol. The number of amides is 1. The van der Waals surface area contributed by atoms with Crippen molar-refractivity contribution in [3.63, 3.8) is 0 Å². The summed E-state index contributed by atoms with van der Waals surface area (Å²) >= 11 is 0. The zero-order valence-electron chi connectivity index (χ0n) is 14.2. The maximum absolute atomic E-state index is 12.8. The fourth-order valence-electron chi connectivity index (χ4n) is 2.65. The highest BCUT2D eigenvalue weighted by Gasteiger charge is 2.30. The van der Waals surface area contributed by atoms with Gasteiger partial charge in [0.1, 0.15) is 5.75 Å². The number of hydrogen-bond acceptors (Lipinski definition) is 2. The molecule has 0 aliphatic rings. The molecule has 0 bridgehead atoms. The van der Waals surface area contributed by atoms with Crippen LogP contribution in [0.4, 0.5) is 18.0 Å². The van der Waals surface area contributed by atoms with E-state index in [1.165, 1.54) is 12.1 Å². The summed E-state index contributed by atoms with van der Waals surface area (Å²) in [5.41, 5.74) is 0.972. The molecule has 26 heavy (non-hydrogen) atoms. The van der Waals surface area contributed by atoms with Gasteiger partial charge in [-0.1, -0.05) is 37.3 Å². The molecule has 2 N–H and O–H groups in total. The van der Waals surface area contributed by atoms with E-state index in [4.69, 9.17) is 9.84 Å². The predicted octanol–water partition coefficient (Wildman–Crippen LogP) is 5.05. The van der Waals surface area contributed by atoms with E-state index in [2.05, 4.69) is 5.32 Å². The van der Waals surface area contributed by atoms with Crippen LogP contribution in [-0.4, -0.2) is 17.8 Å². The summed E-state index contributed by atoms with van der Waals surface area (Å²) in [5, 5.41) is 11.1. The highest BCUT2D eigenvalue weighted by atomic mass is 19.4. The highest BCUT2D eigenvalue weighted by Crippen LogP contribution is 2.32. The molecule has 0 aliphatic heterocycles. The molecule has 1 unspecified atom stereocenters. The summed E-state index contributed by atoms with van der Waals surface area (Å²) in [6.45, 7) is 2.30. The molecule has 0 radical (unpaired) electrons. The zero-order chi connectivity index (χ0) is 19.2. The van der Waals surface area contributed by atoms with E-state index in [1.807, 2.05) is 31.2 Å². The van der Waals surface area contributed by atoms with Crippen molar-refractivity contribution in [1.82, 2.24) is 5.32 Å². The Morgan fingerprint density at radius 1 is 1.19 bits per heavy atom. The Kier molecular flexibility index (Phi) is 6.49. The van der Waals surface area contributed by atoms with Gasteiger partial charge in [-0.25, -0.2) is 4.79 Å². The van der Waals surface area contributed by atoms with Gasteiger partial charge in [-0.15, -0.1) is 0 Å². The standard InChI is InChI=1S/C19H20F3NO3/c1-2-13(17-9-4-3-6-14(17)11-23-18(24)25)12-26-16-8-5-7-15(10-16)19(20,21)22/h3-10,13,23H,2,11-12H2,1H3,(H,24,25). The maximum Gasteiger partial charge on any atom is 0.416 e. The number of ether oxygens (including phenoxy) is 1. The SMILES string of the molecule is CCC(COc1cccc(C(F)(F)F)c1)c1ccccc1CNC(=O)O. The van der Waals surface area contributed by atoms with Crippen LogP contribution < -0.4 is 10.1 Å². The van der Waals surface area contributed by atoms with Crippen molar-refractivity contribution in [2.24, 2.45) is 0 Å². The van der Waals surface area contributed by atoms with Gasteiger partial charge in [-0.05, 0) is 35.7 Å². The molecule has 7 heteroatoms. The summed E-state index contributed by atoms with van der Waals surface area (Å²) in [4.78, 5) is 10.7. The Labute approximate surface area is 149 Å². The number of carboxylic acid groups (broad SMARTS) is 1. The van der Waals surface area contributed by atoms with E-state index in [1.54, 1.807) is 0 Å². The number of alkyl halides is 3. The minimum Gasteiger partial charge on any atom is -0.493 e. The van der Waals surface area contributed by atoms with Crippen molar-refractivity contribution in [2.75, 3.05) is 6.61 Å². The summed E-state index contributed by atoms with van der Waals surface area (Å²) in [6, 6.07) is 12.1. The fraction of sp³-hybridized carbons (Fsp3) is 0.316. The van der Waals surface area contributed by atoms with Gasteiger partial charge in [0.25, 0.3) is 0 Å². The van der Waals surface area contributed by atoms with E-state index in [0.29, 0.717) is 6.42 Å². The molecule has 2 rings (SSSR count). The first-order chi connectivity index (χ1) is 12.3. The lowest BCUT2D eigenvalue weighted by atomic mass is 9.92. The van der Waals surface area contributed by atoms with Crippen molar-refractivity contribution in [1.29, 1.82) is 0 Å². The smallest absolute Gasteiger partial charge is 0.416 e. The van der Waals surface area contributed by atoms with Crippen molar-refractivity contribution in [3.8, 4) is 5.75 Å². The number of halogens is 3. The third kappa shape index (κ3) is 5.40. The second-order valence-electron chi connectivity index (χ2n) is 5.80. The van der Waals surface area contributed by atoms with Gasteiger partial charge >= 0.3 is 12.3 Å². The summed E-state index contributed by atoms with van der Waals surface area (Å²) in [7, 11) is 0. The van der Waals surface area contributed by atoms with Gasteiger partial charge in [0, 0.05) is 12.5 Å². The Morgan fingerprint density at radius 2 is 1.92 bits per heavy atom. The first kappa shape index (κ1) is 19.6. The number of hydrogen-bond donors (Lipinski definition) is 2. The van der Waals surface area contributed by atoms with Crippen molar-refractivity contribution >= 4 is 6.09 Å². The van der Waals surface area contributed by atoms with Crippen molar-refractivity contribution in [2.45, 2.75) is 32.0 Å². The van der Waals surface area contributed by atoms with Crippen LogP contribution in [0.25, 0.3) is 0 Å². The van der Waals surface area contributed by atoms with Gasteiger partial charge in [0.05, 0.1) is 12.2 Å². The first-order valence-corrected chi connectivity index (χ1v) is 8.16. The average Bonchev–Trinajstić information content (AvgIpc) is 2.61. The normalized spacial score (nSPS) is 12.5. The monoisotopic (exact) mass is 367 g/mol. The van der Waals surface area contributed by atoms with E-state index in [-0.39, 0.29) is 24.8 Å². The second-order valence-corrected chi connectivity index (χ2v) is 5.80. The molecule has 0 saturated carbocycles. The van der Waals surface area contributed by atoms with Crippen LogP contribution in [0.15, 0.2) is 48.5 Å². The molecular formula is C19H20F3NO3. The van der Waals surface area contributed by atoms with Crippen LogP contribution in [-0.2, 0) is 12.7 Å². The van der Waals surface area contributed by atoms with Gasteiger partial charge in [-0.2, -0.15) is 13.2 Å². The van der Waals surface area contributed by atoms with Crippen LogP contribution in [0, 0.1) is 0 Å². The molecule has 0 aromatic heterocycles. The minimum atomic E-state index is -4.42. The molecule has 140 valence electrons. The number of rotatable bonds is 7. The van der Waals surface area contributed by atoms with E-state index in [0.717, 1.165) is 23.3 Å². The molecule has 0 heterocycles. The average molecular weight is 367 g/mol. The van der Waals surface area contributed by atoms with Gasteiger partial charge in [0.2, 0.25) is 0 Å². The Hall–Kier alpha value is -2.70. The maximum atomic E-state index is 12.8. The highest BCUT2D eigenvalue weighted by molar-refractivity contribution is 5.64. The van der Waals surface area contributed by atoms with Crippen LogP contribution in [0.2, 0.25) is 0 Å². The molecule has 0 saturated heterocycles. The number of benzene rings is 2. The van der Waals surface area contributed by atoms with Crippen LogP contribution in [0.1, 0.15) is 36.0 Å². The topological polar surface area (TPSA) is 58.6 Å². The molecule has 4 nitrogen and oxygen atoms in total. The third-order valence-corrected chi connectivity index (χ3v) is 4.03. The molecule has 0 spiro atoms. The van der Waals surface area contributed by atoms with Crippen molar-refractivity contribution < 1.29 is 27.8 Å². The van der Waals surface area contributed by atoms with Crippen LogP contribution in [0.3, 0.4) is 0 Å². The van der Waals surface area contributed by atoms with Crippen LogP contribution >= 0.6 is 0 Å². The minimum absolute atomic E-state index is 0.0728. The van der Waals surface area contributed by atoms with Gasteiger partial charge < -0.3 is 15.2 Å². The lowest BCUT2D eigenvalue weighted by molar-refractivity contribution is -0.137. The number of nitrogens with one attached hydrogen (secondary N) is 1. The lowest BCUT2D eigenvalue weighted by Crippen LogP contribution is -2.22. The summed E-state index contributed by atoms with van der Waals surface area (Å²) in [6.07, 6.45) is -4.84. The molecule has 2 aromatic carbocycles. The number of carbonyl (C=O) groups is 1. The van der Waals surface area contributed by atoms with E-state index < -0.39 is 17.8 Å².